The van der Waals surface area contributed by atoms with E-state index in [9.17, 15) is 15.0 Å². The third-order valence-corrected chi connectivity index (χ3v) is 6.00. The van der Waals surface area contributed by atoms with E-state index in [4.69, 9.17) is 0 Å². The lowest BCUT2D eigenvalue weighted by molar-refractivity contribution is -0.120. The lowest BCUT2D eigenvalue weighted by atomic mass is 9.93. The quantitative estimate of drug-likeness (QED) is 0.433. The molecule has 0 aliphatic carbocycles. The Kier molecular flexibility index (Phi) is 8.67. The highest BCUT2D eigenvalue weighted by Crippen LogP contribution is 2.19. The smallest absolute Gasteiger partial charge is 0.224 e. The molecule has 1 heterocycles. The first kappa shape index (κ1) is 24.2. The van der Waals surface area contributed by atoms with Gasteiger partial charge in [-0.2, -0.15) is 0 Å². The Bertz CT molecular complexity index is 861. The van der Waals surface area contributed by atoms with Gasteiger partial charge in [-0.15, -0.1) is 0 Å². The van der Waals surface area contributed by atoms with Gasteiger partial charge in [0.1, 0.15) is 5.75 Å². The zero-order valence-corrected chi connectivity index (χ0v) is 19.3. The molecule has 0 spiro atoms. The summed E-state index contributed by atoms with van der Waals surface area (Å²) in [5, 5.41) is 26.3. The number of rotatable bonds is 11. The zero-order chi connectivity index (χ0) is 23.0. The Balaban J connectivity index is 1.45. The third kappa shape index (κ3) is 7.93. The van der Waals surface area contributed by atoms with E-state index in [2.05, 4.69) is 41.5 Å². The van der Waals surface area contributed by atoms with Gasteiger partial charge in [0, 0.05) is 25.2 Å². The van der Waals surface area contributed by atoms with Crippen molar-refractivity contribution >= 4 is 5.91 Å². The minimum Gasteiger partial charge on any atom is -0.508 e. The summed E-state index contributed by atoms with van der Waals surface area (Å²) in [7, 11) is 0. The summed E-state index contributed by atoms with van der Waals surface area (Å²) in [5.74, 6) is 0.255. The average Bonchev–Trinajstić information content (AvgIpc) is 3.26. The molecule has 2 aromatic rings. The first-order valence-electron chi connectivity index (χ1n) is 11.6. The molecule has 1 atom stereocenters. The molecule has 1 unspecified atom stereocenters. The number of β-amino-alcohol motifs (C(OH)–C–C–N with tert-alkyl or cyclic N) is 1. The second kappa shape index (κ2) is 11.5. The van der Waals surface area contributed by atoms with Crippen molar-refractivity contribution in [2.45, 2.75) is 51.2 Å². The van der Waals surface area contributed by atoms with Crippen LogP contribution in [0.4, 0.5) is 0 Å². The van der Waals surface area contributed by atoms with Crippen LogP contribution in [-0.4, -0.2) is 59.3 Å². The van der Waals surface area contributed by atoms with Gasteiger partial charge >= 0.3 is 0 Å². The second-order valence-corrected chi connectivity index (χ2v) is 9.44. The van der Waals surface area contributed by atoms with Crippen molar-refractivity contribution < 1.29 is 15.0 Å². The molecule has 2 aromatic carbocycles. The van der Waals surface area contributed by atoms with E-state index < -0.39 is 6.10 Å². The number of hydrogen-bond acceptors (Lipinski definition) is 5. The highest BCUT2D eigenvalue weighted by Gasteiger charge is 2.20. The highest BCUT2D eigenvalue weighted by atomic mass is 16.3. The summed E-state index contributed by atoms with van der Waals surface area (Å²) in [6.45, 7) is 8.56. The fourth-order valence-corrected chi connectivity index (χ4v) is 4.22. The third-order valence-electron chi connectivity index (χ3n) is 6.00. The van der Waals surface area contributed by atoms with Crippen molar-refractivity contribution in [2.75, 3.05) is 32.7 Å². The van der Waals surface area contributed by atoms with Crippen LogP contribution in [0.15, 0.2) is 48.5 Å². The molecular weight excluding hydrogens is 402 g/mol. The fourth-order valence-electron chi connectivity index (χ4n) is 4.22. The SMILES string of the molecule is CC(C)(Cc1cccc(CC(=O)NCCN2CCCC2)c1)NCC(O)c1ccc(O)cc1. The van der Waals surface area contributed by atoms with Gasteiger partial charge in [-0.25, -0.2) is 0 Å². The molecule has 4 N–H and O–H groups in total. The average molecular weight is 440 g/mol. The molecule has 1 amide bonds. The predicted octanol–water partition coefficient (Wildman–Crippen LogP) is 2.79. The number of benzene rings is 2. The van der Waals surface area contributed by atoms with E-state index in [-0.39, 0.29) is 17.2 Å². The number of nitrogens with zero attached hydrogens (tertiary/aromatic N) is 1. The van der Waals surface area contributed by atoms with E-state index in [0.717, 1.165) is 42.7 Å². The number of carbonyl (C=O) groups excluding carboxylic acids is 1. The number of nitrogens with one attached hydrogen (secondary N) is 2. The largest absolute Gasteiger partial charge is 0.508 e. The topological polar surface area (TPSA) is 84.8 Å². The van der Waals surface area contributed by atoms with Crippen LogP contribution in [0.2, 0.25) is 0 Å². The van der Waals surface area contributed by atoms with Crippen LogP contribution in [0, 0.1) is 0 Å². The summed E-state index contributed by atoms with van der Waals surface area (Å²) < 4.78 is 0. The molecule has 6 heteroatoms. The standard InChI is InChI=1S/C26H37N3O3/c1-26(2,28-19-24(31)22-8-10-23(30)11-9-22)18-21-7-5-6-20(16-21)17-25(32)27-12-15-29-13-3-4-14-29/h5-11,16,24,28,30-31H,3-4,12-15,17-19H2,1-2H3,(H,27,32). The number of aliphatic hydroxyl groups excluding tert-OH is 1. The molecule has 174 valence electrons. The van der Waals surface area contributed by atoms with Crippen LogP contribution in [-0.2, 0) is 17.6 Å². The van der Waals surface area contributed by atoms with E-state index in [1.807, 2.05) is 12.1 Å². The molecule has 32 heavy (non-hydrogen) atoms. The van der Waals surface area contributed by atoms with Crippen LogP contribution in [0.5, 0.6) is 5.75 Å². The summed E-state index contributed by atoms with van der Waals surface area (Å²) >= 11 is 0. The van der Waals surface area contributed by atoms with E-state index in [1.165, 1.54) is 12.8 Å². The molecule has 3 rings (SSSR count). The number of phenolic OH excluding ortho intramolecular Hbond substituents is 1. The number of aromatic hydroxyl groups is 1. The Morgan fingerprint density at radius 3 is 2.50 bits per heavy atom. The van der Waals surface area contributed by atoms with Gasteiger partial charge < -0.3 is 25.7 Å². The van der Waals surface area contributed by atoms with Crippen molar-refractivity contribution in [1.29, 1.82) is 0 Å². The molecule has 0 radical (unpaired) electrons. The number of likely N-dealkylation sites (tertiary alicyclic amines) is 1. The van der Waals surface area contributed by atoms with Crippen molar-refractivity contribution in [2.24, 2.45) is 0 Å². The van der Waals surface area contributed by atoms with Gasteiger partial charge in [0.2, 0.25) is 5.91 Å². The summed E-state index contributed by atoms with van der Waals surface area (Å²) in [6.07, 6.45) is 3.05. The van der Waals surface area contributed by atoms with Gasteiger partial charge in [-0.3, -0.25) is 4.79 Å². The maximum atomic E-state index is 12.3. The minimum absolute atomic E-state index is 0.0655. The molecule has 0 bridgehead atoms. The van der Waals surface area contributed by atoms with Crippen molar-refractivity contribution in [3.8, 4) is 5.75 Å². The molecule has 1 aliphatic heterocycles. The van der Waals surface area contributed by atoms with E-state index >= 15 is 0 Å². The van der Waals surface area contributed by atoms with Crippen LogP contribution < -0.4 is 10.6 Å². The number of phenols is 1. The van der Waals surface area contributed by atoms with Gasteiger partial charge in [-0.05, 0) is 75.0 Å². The summed E-state index contributed by atoms with van der Waals surface area (Å²) in [6, 6.07) is 14.8. The first-order valence-corrected chi connectivity index (χ1v) is 11.6. The van der Waals surface area contributed by atoms with Gasteiger partial charge in [-0.1, -0.05) is 36.4 Å². The Morgan fingerprint density at radius 1 is 1.09 bits per heavy atom. The van der Waals surface area contributed by atoms with Gasteiger partial charge in [0.05, 0.1) is 12.5 Å². The number of aliphatic hydroxyl groups is 1. The minimum atomic E-state index is -0.648. The van der Waals surface area contributed by atoms with Crippen LogP contribution in [0.1, 0.15) is 49.5 Å². The molecule has 0 saturated carbocycles. The molecule has 1 fully saturated rings. The fraction of sp³-hybridized carbons (Fsp3) is 0.500. The van der Waals surface area contributed by atoms with Crippen molar-refractivity contribution in [1.82, 2.24) is 15.5 Å². The zero-order valence-electron chi connectivity index (χ0n) is 19.3. The normalized spacial score (nSPS) is 15.6. The first-order chi connectivity index (χ1) is 15.3. The maximum absolute atomic E-state index is 12.3. The molecule has 0 aromatic heterocycles. The van der Waals surface area contributed by atoms with Crippen molar-refractivity contribution in [3.63, 3.8) is 0 Å². The summed E-state index contributed by atoms with van der Waals surface area (Å²) in [5.41, 5.74) is 2.71. The summed E-state index contributed by atoms with van der Waals surface area (Å²) in [4.78, 5) is 14.7. The Morgan fingerprint density at radius 2 is 1.78 bits per heavy atom. The van der Waals surface area contributed by atoms with Crippen molar-refractivity contribution in [3.05, 3.63) is 65.2 Å². The van der Waals surface area contributed by atoms with Crippen LogP contribution >= 0.6 is 0 Å². The van der Waals surface area contributed by atoms with Gasteiger partial charge in [0.15, 0.2) is 0 Å². The molecule has 1 saturated heterocycles. The lowest BCUT2D eigenvalue weighted by Gasteiger charge is -2.28. The molecule has 6 nitrogen and oxygen atoms in total. The van der Waals surface area contributed by atoms with Crippen LogP contribution in [0.3, 0.4) is 0 Å². The lowest BCUT2D eigenvalue weighted by Crippen LogP contribution is -2.43. The van der Waals surface area contributed by atoms with Gasteiger partial charge in [0.25, 0.3) is 0 Å². The van der Waals surface area contributed by atoms with Crippen LogP contribution in [0.25, 0.3) is 0 Å². The molecular formula is C26H37N3O3. The molecule has 1 aliphatic rings. The maximum Gasteiger partial charge on any atom is 0.224 e. The monoisotopic (exact) mass is 439 g/mol. The Labute approximate surface area is 191 Å². The van der Waals surface area contributed by atoms with E-state index in [0.29, 0.717) is 19.5 Å². The predicted molar refractivity (Wildman–Crippen MR) is 128 cm³/mol. The highest BCUT2D eigenvalue weighted by molar-refractivity contribution is 5.78. The second-order valence-electron chi connectivity index (χ2n) is 9.44. The number of carbonyl (C=O) groups is 1. The number of amides is 1. The van der Waals surface area contributed by atoms with E-state index in [1.54, 1.807) is 24.3 Å². The Hall–Kier alpha value is -2.41. The number of hydrogen-bond donors (Lipinski definition) is 4.